The molecule has 6 nitrogen and oxygen atoms in total. The molecular formula is C26H15F8N3O3. The van der Waals surface area contributed by atoms with Gasteiger partial charge in [0, 0.05) is 35.5 Å². The lowest BCUT2D eigenvalue weighted by Gasteiger charge is -2.23. The van der Waals surface area contributed by atoms with E-state index in [1.54, 1.807) is 4.90 Å². The molecule has 0 atom stereocenters. The first kappa shape index (κ1) is 27.0. The summed E-state index contributed by atoms with van der Waals surface area (Å²) < 4.78 is 113. The van der Waals surface area contributed by atoms with Crippen molar-refractivity contribution in [3.05, 3.63) is 95.0 Å². The van der Waals surface area contributed by atoms with E-state index in [0.29, 0.717) is 16.4 Å². The summed E-state index contributed by atoms with van der Waals surface area (Å²) in [5.74, 6) is -4.22. The van der Waals surface area contributed by atoms with Crippen molar-refractivity contribution in [1.82, 2.24) is 14.8 Å². The number of hydrogen-bond donors (Lipinski definition) is 0. The highest BCUT2D eigenvalue weighted by atomic mass is 19.4. The molecule has 0 bridgehead atoms. The maximum absolute atomic E-state index is 14.5. The third-order valence-corrected chi connectivity index (χ3v) is 5.93. The molecule has 0 saturated heterocycles. The normalized spacial score (nSPS) is 13.4. The molecule has 2 aromatic heterocycles. The van der Waals surface area contributed by atoms with Crippen LogP contribution < -0.4 is 4.84 Å². The smallest absolute Gasteiger partial charge is 0.365 e. The van der Waals surface area contributed by atoms with Gasteiger partial charge in [-0.2, -0.15) is 31.1 Å². The molecule has 0 fully saturated rings. The average molecular weight is 569 g/mol. The van der Waals surface area contributed by atoms with Gasteiger partial charge in [-0.15, -0.1) is 0 Å². The molecule has 5 rings (SSSR count). The number of carbonyl (C=O) groups is 1. The first-order chi connectivity index (χ1) is 18.8. The first-order valence-corrected chi connectivity index (χ1v) is 11.4. The molecule has 3 heterocycles. The fourth-order valence-electron chi connectivity index (χ4n) is 4.19. The fourth-order valence-corrected chi connectivity index (χ4v) is 4.19. The number of rotatable bonds is 5. The number of aromatic nitrogens is 2. The van der Waals surface area contributed by atoms with Crippen LogP contribution in [-0.2, 0) is 24.1 Å². The Hall–Kier alpha value is -4.62. The van der Waals surface area contributed by atoms with Gasteiger partial charge >= 0.3 is 18.3 Å². The fraction of sp³-hybridized carbons (Fsp3) is 0.154. The Bertz CT molecular complexity index is 1620. The van der Waals surface area contributed by atoms with Gasteiger partial charge in [0.15, 0.2) is 5.76 Å². The summed E-state index contributed by atoms with van der Waals surface area (Å²) >= 11 is 0. The summed E-state index contributed by atoms with van der Waals surface area (Å²) in [7, 11) is 0. The number of hydrogen-bond acceptors (Lipinski definition) is 5. The molecule has 0 saturated carbocycles. The van der Waals surface area contributed by atoms with E-state index in [4.69, 9.17) is 4.52 Å². The Kier molecular flexibility index (Phi) is 6.64. The summed E-state index contributed by atoms with van der Waals surface area (Å²) in [6.07, 6.45) is -7.41. The van der Waals surface area contributed by atoms with Gasteiger partial charge in [-0.05, 0) is 42.5 Å². The van der Waals surface area contributed by atoms with Crippen LogP contribution in [0.4, 0.5) is 35.1 Å². The van der Waals surface area contributed by atoms with Gasteiger partial charge in [0.1, 0.15) is 17.3 Å². The zero-order chi connectivity index (χ0) is 28.8. The lowest BCUT2D eigenvalue weighted by molar-refractivity contribution is -0.199. The van der Waals surface area contributed by atoms with Gasteiger partial charge in [-0.3, -0.25) is 0 Å². The number of nitrogens with zero attached hydrogens (tertiary/aromatic N) is 3. The van der Waals surface area contributed by atoms with E-state index >= 15 is 0 Å². The number of carbonyl (C=O) groups excluding carboxylic acids is 1. The Morgan fingerprint density at radius 2 is 1.73 bits per heavy atom. The monoisotopic (exact) mass is 569 g/mol. The summed E-state index contributed by atoms with van der Waals surface area (Å²) in [6.45, 7) is -0.0156. The molecule has 0 aliphatic carbocycles. The molecule has 1 aliphatic rings. The SMILES string of the molecule is O=C(On1c(-c2ccccc2F)cc2c1C=CN(Cc1cc(-c3ccc(F)cc3C(F)(F)F)no1)C2)C(F)(F)F. The topological polar surface area (TPSA) is 60.5 Å². The second-order valence-corrected chi connectivity index (χ2v) is 8.68. The van der Waals surface area contributed by atoms with E-state index in [0.717, 1.165) is 18.2 Å². The van der Waals surface area contributed by atoms with Crippen LogP contribution in [0.25, 0.3) is 28.6 Å². The maximum Gasteiger partial charge on any atom is 0.493 e. The van der Waals surface area contributed by atoms with Gasteiger partial charge in [0.2, 0.25) is 0 Å². The van der Waals surface area contributed by atoms with Crippen LogP contribution in [0.15, 0.2) is 65.3 Å². The predicted molar refractivity (Wildman–Crippen MR) is 123 cm³/mol. The molecule has 14 heteroatoms. The zero-order valence-electron chi connectivity index (χ0n) is 19.9. The Morgan fingerprint density at radius 3 is 2.42 bits per heavy atom. The van der Waals surface area contributed by atoms with Crippen LogP contribution in [0.2, 0.25) is 0 Å². The van der Waals surface area contributed by atoms with Crippen molar-refractivity contribution in [2.24, 2.45) is 0 Å². The number of alkyl halides is 6. The molecular weight excluding hydrogens is 554 g/mol. The van der Waals surface area contributed by atoms with Crippen LogP contribution in [0.3, 0.4) is 0 Å². The highest BCUT2D eigenvalue weighted by Gasteiger charge is 2.43. The molecule has 1 aliphatic heterocycles. The summed E-state index contributed by atoms with van der Waals surface area (Å²) in [6, 6.07) is 9.96. The van der Waals surface area contributed by atoms with Crippen molar-refractivity contribution < 1.29 is 49.3 Å². The highest BCUT2D eigenvalue weighted by Crippen LogP contribution is 2.38. The van der Waals surface area contributed by atoms with E-state index in [1.165, 1.54) is 42.6 Å². The molecule has 40 heavy (non-hydrogen) atoms. The van der Waals surface area contributed by atoms with E-state index in [2.05, 4.69) is 9.99 Å². The van der Waals surface area contributed by atoms with E-state index in [9.17, 15) is 39.9 Å². The number of fused-ring (bicyclic) bond motifs is 1. The largest absolute Gasteiger partial charge is 0.493 e. The Balaban J connectivity index is 1.43. The maximum atomic E-state index is 14.5. The van der Waals surface area contributed by atoms with Crippen LogP contribution in [0, 0.1) is 11.6 Å². The summed E-state index contributed by atoms with van der Waals surface area (Å²) in [4.78, 5) is 17.8. The van der Waals surface area contributed by atoms with Gasteiger partial charge in [-0.1, -0.05) is 17.3 Å². The van der Waals surface area contributed by atoms with Crippen LogP contribution in [-0.4, -0.2) is 26.9 Å². The van der Waals surface area contributed by atoms with Crippen LogP contribution >= 0.6 is 0 Å². The minimum atomic E-state index is -5.31. The van der Waals surface area contributed by atoms with E-state index in [-0.39, 0.29) is 41.5 Å². The minimum absolute atomic E-state index is 0.0181. The third kappa shape index (κ3) is 5.28. The zero-order valence-corrected chi connectivity index (χ0v) is 19.9. The molecule has 0 N–H and O–H groups in total. The number of halogens is 8. The van der Waals surface area contributed by atoms with Gasteiger partial charge in [0.05, 0.1) is 23.5 Å². The van der Waals surface area contributed by atoms with Crippen molar-refractivity contribution >= 4 is 12.0 Å². The van der Waals surface area contributed by atoms with Crippen molar-refractivity contribution in [3.8, 4) is 22.5 Å². The second kappa shape index (κ2) is 9.84. The quantitative estimate of drug-likeness (QED) is 0.253. The standard InChI is InChI=1S/C26H15F8N3O3/c27-15-5-6-17(19(10-15)25(29,30)31)21-11-16(39-35-21)13-36-8-7-22-14(12-36)9-23(18-3-1-2-4-20(18)28)37(22)40-24(38)26(32,33)34/h1-11H,12-13H2. The van der Waals surface area contributed by atoms with Gasteiger partial charge in [0.25, 0.3) is 0 Å². The summed E-state index contributed by atoms with van der Waals surface area (Å²) in [5, 5.41) is 3.67. The van der Waals surface area contributed by atoms with E-state index in [1.807, 2.05) is 0 Å². The molecule has 2 aromatic carbocycles. The van der Waals surface area contributed by atoms with Crippen molar-refractivity contribution in [1.29, 1.82) is 0 Å². The van der Waals surface area contributed by atoms with E-state index < -0.39 is 41.1 Å². The minimum Gasteiger partial charge on any atom is -0.365 e. The molecule has 0 amide bonds. The lowest BCUT2D eigenvalue weighted by Crippen LogP contribution is -2.34. The first-order valence-electron chi connectivity index (χ1n) is 11.4. The van der Waals surface area contributed by atoms with Crippen LogP contribution in [0.1, 0.15) is 22.6 Å². The molecule has 0 unspecified atom stereocenters. The van der Waals surface area contributed by atoms with Crippen molar-refractivity contribution in [2.45, 2.75) is 25.4 Å². The summed E-state index contributed by atoms with van der Waals surface area (Å²) in [5.41, 5.74) is -1.67. The second-order valence-electron chi connectivity index (χ2n) is 8.68. The van der Waals surface area contributed by atoms with Crippen molar-refractivity contribution in [3.63, 3.8) is 0 Å². The predicted octanol–water partition coefficient (Wildman–Crippen LogP) is 6.61. The van der Waals surface area contributed by atoms with Crippen molar-refractivity contribution in [2.75, 3.05) is 0 Å². The van der Waals surface area contributed by atoms with Gasteiger partial charge < -0.3 is 14.3 Å². The molecule has 0 spiro atoms. The highest BCUT2D eigenvalue weighted by molar-refractivity contribution is 5.77. The Morgan fingerprint density at radius 1 is 0.975 bits per heavy atom. The third-order valence-electron chi connectivity index (χ3n) is 5.93. The molecule has 0 radical (unpaired) electrons. The lowest BCUT2D eigenvalue weighted by atomic mass is 10.0. The number of benzene rings is 2. The molecule has 4 aromatic rings. The molecule has 208 valence electrons. The Labute approximate surface area is 219 Å². The van der Waals surface area contributed by atoms with Gasteiger partial charge in [-0.25, -0.2) is 13.6 Å². The average Bonchev–Trinajstić information content (AvgIpc) is 3.48. The van der Waals surface area contributed by atoms with Crippen LogP contribution in [0.5, 0.6) is 0 Å².